The van der Waals surface area contributed by atoms with E-state index >= 15 is 0 Å². The number of esters is 1. The van der Waals surface area contributed by atoms with Crippen LogP contribution in [0.15, 0.2) is 21.1 Å². The van der Waals surface area contributed by atoms with Crippen LogP contribution in [0.4, 0.5) is 5.69 Å². The average molecular weight is 393 g/mol. The fraction of sp³-hybridized carbons (Fsp3) is 0.333. The highest BCUT2D eigenvalue weighted by atomic mass is 79.9. The molecule has 1 aromatic rings. The highest BCUT2D eigenvalue weighted by Gasteiger charge is 2.36. The first-order valence-corrected chi connectivity index (χ1v) is 7.08. The summed E-state index contributed by atoms with van der Waals surface area (Å²) in [5.41, 5.74) is 1.35. The minimum absolute atomic E-state index is 0.162. The van der Waals surface area contributed by atoms with Gasteiger partial charge in [0, 0.05) is 20.2 Å². The van der Waals surface area contributed by atoms with Crippen LogP contribution in [0.1, 0.15) is 17.9 Å². The second kappa shape index (κ2) is 5.50. The molecule has 0 aliphatic carbocycles. The first kappa shape index (κ1) is 14.3. The molecule has 2 atom stereocenters. The summed E-state index contributed by atoms with van der Waals surface area (Å²) in [5.74, 6) is -2.02. The molecule has 0 aromatic heterocycles. The van der Waals surface area contributed by atoms with Gasteiger partial charge < -0.3 is 15.2 Å². The Morgan fingerprint density at radius 3 is 2.68 bits per heavy atom. The monoisotopic (exact) mass is 391 g/mol. The summed E-state index contributed by atoms with van der Waals surface area (Å²) in [6, 6.07) is 2.76. The van der Waals surface area contributed by atoms with Crippen molar-refractivity contribution >= 4 is 49.5 Å². The zero-order chi connectivity index (χ0) is 14.2. The van der Waals surface area contributed by atoms with E-state index in [1.807, 2.05) is 6.07 Å². The lowest BCUT2D eigenvalue weighted by molar-refractivity contribution is -0.143. The zero-order valence-corrected chi connectivity index (χ0v) is 13.1. The molecule has 1 aliphatic heterocycles. The summed E-state index contributed by atoms with van der Waals surface area (Å²) in [6.45, 7) is 0. The van der Waals surface area contributed by atoms with Gasteiger partial charge in [0.2, 0.25) is 0 Å². The topological polar surface area (TPSA) is 75.6 Å². The van der Waals surface area contributed by atoms with Gasteiger partial charge in [0.25, 0.3) is 0 Å². The lowest BCUT2D eigenvalue weighted by Crippen LogP contribution is -2.37. The standard InChI is InChI=1S/C12H11Br2NO4/c1-19-12(18)6-4-9(11(16)17)15-8-3-5(13)2-7(14)10(6)8/h2-3,6,9,15H,4H2,1H3,(H,16,17)/t6-,9+/m1/s1. The normalized spacial score (nSPS) is 21.2. The SMILES string of the molecule is COC(=O)[C@@H]1C[C@@H](C(=O)O)Nc2cc(Br)cc(Br)c21. The molecule has 0 bridgehead atoms. The van der Waals surface area contributed by atoms with E-state index in [1.165, 1.54) is 7.11 Å². The van der Waals surface area contributed by atoms with Gasteiger partial charge in [0.05, 0.1) is 13.0 Å². The Labute approximate surface area is 126 Å². The molecule has 2 rings (SSSR count). The van der Waals surface area contributed by atoms with Crippen molar-refractivity contribution in [2.24, 2.45) is 0 Å². The van der Waals surface area contributed by atoms with Crippen molar-refractivity contribution in [1.82, 2.24) is 0 Å². The fourth-order valence-electron chi connectivity index (χ4n) is 2.18. The number of hydrogen-bond donors (Lipinski definition) is 2. The Hall–Kier alpha value is -1.08. The van der Waals surface area contributed by atoms with E-state index in [0.29, 0.717) is 5.69 Å². The van der Waals surface area contributed by atoms with E-state index in [2.05, 4.69) is 37.2 Å². The third-order valence-corrected chi connectivity index (χ3v) is 4.14. The summed E-state index contributed by atoms with van der Waals surface area (Å²) in [6.07, 6.45) is 0.162. The van der Waals surface area contributed by atoms with Crippen molar-refractivity contribution in [2.45, 2.75) is 18.4 Å². The lowest BCUT2D eigenvalue weighted by Gasteiger charge is -2.30. The number of carbonyl (C=O) groups excluding carboxylic acids is 1. The minimum Gasteiger partial charge on any atom is -0.480 e. The maximum absolute atomic E-state index is 11.9. The smallest absolute Gasteiger partial charge is 0.326 e. The van der Waals surface area contributed by atoms with Crippen molar-refractivity contribution in [2.75, 3.05) is 12.4 Å². The highest BCUT2D eigenvalue weighted by molar-refractivity contribution is 9.11. The number of carbonyl (C=O) groups is 2. The Bertz CT molecular complexity index is 547. The van der Waals surface area contributed by atoms with Gasteiger partial charge in [-0.3, -0.25) is 4.79 Å². The van der Waals surface area contributed by atoms with Gasteiger partial charge >= 0.3 is 11.9 Å². The minimum atomic E-state index is -0.990. The maximum Gasteiger partial charge on any atom is 0.326 e. The van der Waals surface area contributed by atoms with Crippen molar-refractivity contribution in [3.63, 3.8) is 0 Å². The number of hydrogen-bond acceptors (Lipinski definition) is 4. The molecule has 1 aromatic carbocycles. The highest BCUT2D eigenvalue weighted by Crippen LogP contribution is 2.41. The van der Waals surface area contributed by atoms with Gasteiger partial charge in [-0.25, -0.2) is 4.79 Å². The number of aliphatic carboxylic acids is 1. The number of methoxy groups -OCH3 is 1. The van der Waals surface area contributed by atoms with E-state index in [9.17, 15) is 9.59 Å². The predicted molar refractivity (Wildman–Crippen MR) is 76.3 cm³/mol. The summed E-state index contributed by atoms with van der Waals surface area (Å²) in [5, 5.41) is 12.1. The van der Waals surface area contributed by atoms with Crippen LogP contribution in [0, 0.1) is 0 Å². The van der Waals surface area contributed by atoms with E-state index in [4.69, 9.17) is 9.84 Å². The molecule has 1 aliphatic rings. The predicted octanol–water partition coefficient (Wildman–Crippen LogP) is 2.74. The van der Waals surface area contributed by atoms with Crippen molar-refractivity contribution < 1.29 is 19.4 Å². The van der Waals surface area contributed by atoms with Gasteiger partial charge in [-0.05, 0) is 18.6 Å². The summed E-state index contributed by atoms with van der Waals surface area (Å²) in [7, 11) is 1.30. The molecular weight excluding hydrogens is 382 g/mol. The number of fused-ring (bicyclic) bond motifs is 1. The molecule has 0 amide bonds. The summed E-state index contributed by atoms with van der Waals surface area (Å²) >= 11 is 6.74. The van der Waals surface area contributed by atoms with Gasteiger partial charge in [0.1, 0.15) is 6.04 Å². The number of carboxylic acids is 1. The van der Waals surface area contributed by atoms with Gasteiger partial charge in [-0.15, -0.1) is 0 Å². The molecule has 0 radical (unpaired) electrons. The number of halogens is 2. The molecule has 102 valence electrons. The molecular formula is C12H11Br2NO4. The van der Waals surface area contributed by atoms with Gasteiger partial charge in [-0.1, -0.05) is 31.9 Å². The number of ether oxygens (including phenoxy) is 1. The Kier molecular flexibility index (Phi) is 4.15. The Balaban J connectivity index is 2.53. The first-order chi connectivity index (χ1) is 8.93. The van der Waals surface area contributed by atoms with Crippen LogP contribution in [0.2, 0.25) is 0 Å². The van der Waals surface area contributed by atoms with E-state index in [0.717, 1.165) is 14.5 Å². The largest absolute Gasteiger partial charge is 0.480 e. The van der Waals surface area contributed by atoms with Crippen LogP contribution in [0.5, 0.6) is 0 Å². The van der Waals surface area contributed by atoms with E-state index in [-0.39, 0.29) is 6.42 Å². The van der Waals surface area contributed by atoms with E-state index in [1.54, 1.807) is 6.07 Å². The molecule has 5 nitrogen and oxygen atoms in total. The molecule has 7 heteroatoms. The van der Waals surface area contributed by atoms with Crippen LogP contribution in [-0.2, 0) is 14.3 Å². The Morgan fingerprint density at radius 2 is 2.11 bits per heavy atom. The number of carboxylic acid groups (broad SMARTS) is 1. The quantitative estimate of drug-likeness (QED) is 0.757. The fourth-order valence-corrected chi connectivity index (χ4v) is 3.68. The van der Waals surface area contributed by atoms with Crippen LogP contribution in [0.25, 0.3) is 0 Å². The van der Waals surface area contributed by atoms with Crippen LogP contribution in [-0.4, -0.2) is 30.2 Å². The number of anilines is 1. The Morgan fingerprint density at radius 1 is 1.42 bits per heavy atom. The number of rotatable bonds is 2. The summed E-state index contributed by atoms with van der Waals surface area (Å²) < 4.78 is 6.30. The van der Waals surface area contributed by atoms with Crippen molar-refractivity contribution in [3.05, 3.63) is 26.6 Å². The van der Waals surface area contributed by atoms with Crippen LogP contribution in [0.3, 0.4) is 0 Å². The third kappa shape index (κ3) is 2.76. The van der Waals surface area contributed by atoms with E-state index < -0.39 is 23.9 Å². The second-order valence-electron chi connectivity index (χ2n) is 4.20. The zero-order valence-electron chi connectivity index (χ0n) is 9.94. The second-order valence-corrected chi connectivity index (χ2v) is 5.97. The molecule has 19 heavy (non-hydrogen) atoms. The average Bonchev–Trinajstić information content (AvgIpc) is 2.35. The van der Waals surface area contributed by atoms with Crippen LogP contribution >= 0.6 is 31.9 Å². The van der Waals surface area contributed by atoms with Crippen LogP contribution < -0.4 is 5.32 Å². The first-order valence-electron chi connectivity index (χ1n) is 5.50. The lowest BCUT2D eigenvalue weighted by atomic mass is 9.87. The molecule has 0 saturated carbocycles. The van der Waals surface area contributed by atoms with Gasteiger partial charge in [0.15, 0.2) is 0 Å². The molecule has 0 unspecified atom stereocenters. The number of benzene rings is 1. The van der Waals surface area contributed by atoms with Crippen molar-refractivity contribution in [1.29, 1.82) is 0 Å². The third-order valence-electron chi connectivity index (χ3n) is 3.03. The molecule has 0 fully saturated rings. The molecule has 0 spiro atoms. The molecule has 2 N–H and O–H groups in total. The van der Waals surface area contributed by atoms with Gasteiger partial charge in [-0.2, -0.15) is 0 Å². The molecule has 0 saturated heterocycles. The number of nitrogens with one attached hydrogen (secondary N) is 1. The summed E-state index contributed by atoms with van der Waals surface area (Å²) in [4.78, 5) is 23.0. The van der Waals surface area contributed by atoms with Crippen molar-refractivity contribution in [3.8, 4) is 0 Å². The maximum atomic E-state index is 11.9. The molecule has 1 heterocycles.